The fraction of sp³-hybridized carbons (Fsp3) is 0.846. The summed E-state index contributed by atoms with van der Waals surface area (Å²) in [6.45, 7) is 4.59. The zero-order valence-electron chi connectivity index (χ0n) is 10.8. The van der Waals surface area contributed by atoms with Crippen molar-refractivity contribution < 1.29 is 14.7 Å². The van der Waals surface area contributed by atoms with Crippen molar-refractivity contribution in [3.8, 4) is 0 Å². The highest BCUT2D eigenvalue weighted by Gasteiger charge is 2.36. The minimum atomic E-state index is -0.848. The van der Waals surface area contributed by atoms with E-state index in [0.717, 1.165) is 12.8 Å². The molecule has 1 aliphatic heterocycles. The molecule has 0 bridgehead atoms. The van der Waals surface area contributed by atoms with Crippen LogP contribution in [-0.4, -0.2) is 34.5 Å². The molecule has 0 aromatic carbocycles. The third-order valence-corrected chi connectivity index (χ3v) is 3.52. The molecular weight excluding hydrogens is 218 g/mol. The Balaban J connectivity index is 2.34. The average Bonchev–Trinajstić information content (AvgIpc) is 2.67. The molecule has 4 nitrogen and oxygen atoms in total. The molecule has 0 saturated carbocycles. The van der Waals surface area contributed by atoms with Crippen molar-refractivity contribution in [2.24, 2.45) is 5.92 Å². The number of likely N-dealkylation sites (tertiary alicyclic amines) is 1. The highest BCUT2D eigenvalue weighted by atomic mass is 16.4. The maximum absolute atomic E-state index is 11.7. The lowest BCUT2D eigenvalue weighted by Crippen LogP contribution is -2.34. The second-order valence-electron chi connectivity index (χ2n) is 4.98. The van der Waals surface area contributed by atoms with Crippen LogP contribution in [0.15, 0.2) is 0 Å². The number of carboxylic acid groups (broad SMARTS) is 1. The van der Waals surface area contributed by atoms with Crippen molar-refractivity contribution in [2.45, 2.75) is 58.4 Å². The van der Waals surface area contributed by atoms with Gasteiger partial charge in [-0.2, -0.15) is 0 Å². The number of aliphatic carboxylic acids is 1. The van der Waals surface area contributed by atoms with E-state index in [0.29, 0.717) is 6.54 Å². The number of unbranched alkanes of at least 4 members (excludes halogenated alkanes) is 3. The van der Waals surface area contributed by atoms with Crippen LogP contribution in [0, 0.1) is 5.92 Å². The molecule has 1 amide bonds. The summed E-state index contributed by atoms with van der Waals surface area (Å²) in [5.74, 6) is -1.35. The highest BCUT2D eigenvalue weighted by molar-refractivity contribution is 5.86. The Bertz CT molecular complexity index is 278. The van der Waals surface area contributed by atoms with E-state index in [1.54, 1.807) is 4.90 Å². The van der Waals surface area contributed by atoms with E-state index in [1.165, 1.54) is 19.3 Å². The van der Waals surface area contributed by atoms with Gasteiger partial charge in [-0.25, -0.2) is 0 Å². The lowest BCUT2D eigenvalue weighted by molar-refractivity contribution is -0.141. The van der Waals surface area contributed by atoms with Crippen LogP contribution in [0.1, 0.15) is 52.4 Å². The van der Waals surface area contributed by atoms with Crippen molar-refractivity contribution in [2.75, 3.05) is 6.54 Å². The molecule has 0 aliphatic carbocycles. The summed E-state index contributed by atoms with van der Waals surface area (Å²) in [4.78, 5) is 24.3. The minimum absolute atomic E-state index is 0.000363. The molecule has 4 heteroatoms. The summed E-state index contributed by atoms with van der Waals surface area (Å²) >= 11 is 0. The van der Waals surface area contributed by atoms with Gasteiger partial charge in [-0.05, 0) is 13.3 Å². The second-order valence-corrected chi connectivity index (χ2v) is 4.98. The smallest absolute Gasteiger partial charge is 0.308 e. The molecule has 0 radical (unpaired) electrons. The normalized spacial score (nSPS) is 21.9. The highest BCUT2D eigenvalue weighted by Crippen LogP contribution is 2.22. The molecule has 0 unspecified atom stereocenters. The monoisotopic (exact) mass is 241 g/mol. The van der Waals surface area contributed by atoms with Gasteiger partial charge in [0.1, 0.15) is 0 Å². The summed E-state index contributed by atoms with van der Waals surface area (Å²) in [6, 6.07) is 0.184. The van der Waals surface area contributed by atoms with E-state index in [9.17, 15) is 9.59 Å². The first kappa shape index (κ1) is 14.0. The Labute approximate surface area is 103 Å². The molecule has 1 rings (SSSR count). The average molecular weight is 241 g/mol. The van der Waals surface area contributed by atoms with Gasteiger partial charge in [-0.1, -0.05) is 32.6 Å². The van der Waals surface area contributed by atoms with E-state index in [2.05, 4.69) is 6.92 Å². The third-order valence-electron chi connectivity index (χ3n) is 3.52. The van der Waals surface area contributed by atoms with Crippen LogP contribution >= 0.6 is 0 Å². The summed E-state index contributed by atoms with van der Waals surface area (Å²) in [6.07, 6.45) is 5.92. The maximum atomic E-state index is 11.7. The van der Waals surface area contributed by atoms with Gasteiger partial charge < -0.3 is 10.0 Å². The molecule has 0 aromatic heterocycles. The molecular formula is C13H23NO3. The van der Waals surface area contributed by atoms with Crippen LogP contribution in [0.3, 0.4) is 0 Å². The number of rotatable bonds is 7. The topological polar surface area (TPSA) is 57.6 Å². The lowest BCUT2D eigenvalue weighted by atomic mass is 10.1. The standard InChI is InChI=1S/C13H23NO3/c1-3-4-5-6-7-10(2)14-9-11(13(16)17)8-12(14)15/h10-11H,3-9H2,1-2H3,(H,16,17)/t10-,11-/m1/s1. The zero-order valence-corrected chi connectivity index (χ0v) is 10.8. The van der Waals surface area contributed by atoms with Crippen LogP contribution in [0.25, 0.3) is 0 Å². The lowest BCUT2D eigenvalue weighted by Gasteiger charge is -2.24. The molecule has 17 heavy (non-hydrogen) atoms. The quantitative estimate of drug-likeness (QED) is 0.696. The van der Waals surface area contributed by atoms with Crippen LogP contribution in [-0.2, 0) is 9.59 Å². The SMILES string of the molecule is CCCCCC[C@@H](C)N1C[C@H](C(=O)O)CC1=O. The zero-order chi connectivity index (χ0) is 12.8. The number of carbonyl (C=O) groups excluding carboxylic acids is 1. The Kier molecular flexibility index (Phi) is 5.45. The number of nitrogens with zero attached hydrogens (tertiary/aromatic N) is 1. The third kappa shape index (κ3) is 4.02. The minimum Gasteiger partial charge on any atom is -0.481 e. The number of hydrogen-bond donors (Lipinski definition) is 1. The Morgan fingerprint density at radius 3 is 2.71 bits per heavy atom. The first-order valence-electron chi connectivity index (χ1n) is 6.58. The van der Waals surface area contributed by atoms with Crippen molar-refractivity contribution in [3.63, 3.8) is 0 Å². The van der Waals surface area contributed by atoms with E-state index in [1.807, 2.05) is 6.92 Å². The second kappa shape index (κ2) is 6.62. The summed E-state index contributed by atoms with van der Waals surface area (Å²) in [7, 11) is 0. The van der Waals surface area contributed by atoms with Gasteiger partial charge in [0.2, 0.25) is 5.91 Å². The van der Waals surface area contributed by atoms with Crippen LogP contribution in [0.4, 0.5) is 0 Å². The van der Waals surface area contributed by atoms with Crippen molar-refractivity contribution >= 4 is 11.9 Å². The summed E-state index contributed by atoms with van der Waals surface area (Å²) in [5.41, 5.74) is 0. The molecule has 1 N–H and O–H groups in total. The van der Waals surface area contributed by atoms with Gasteiger partial charge >= 0.3 is 5.97 Å². The van der Waals surface area contributed by atoms with Crippen molar-refractivity contribution in [1.29, 1.82) is 0 Å². The van der Waals surface area contributed by atoms with Gasteiger partial charge in [-0.3, -0.25) is 9.59 Å². The Hall–Kier alpha value is -1.06. The van der Waals surface area contributed by atoms with Crippen LogP contribution < -0.4 is 0 Å². The van der Waals surface area contributed by atoms with E-state index in [4.69, 9.17) is 5.11 Å². The van der Waals surface area contributed by atoms with Gasteiger partial charge in [0.05, 0.1) is 5.92 Å². The Morgan fingerprint density at radius 1 is 1.47 bits per heavy atom. The van der Waals surface area contributed by atoms with Gasteiger partial charge in [0.15, 0.2) is 0 Å². The Morgan fingerprint density at radius 2 is 2.18 bits per heavy atom. The largest absolute Gasteiger partial charge is 0.481 e. The molecule has 1 saturated heterocycles. The predicted molar refractivity (Wildman–Crippen MR) is 65.7 cm³/mol. The maximum Gasteiger partial charge on any atom is 0.308 e. The van der Waals surface area contributed by atoms with Gasteiger partial charge in [0, 0.05) is 19.0 Å². The van der Waals surface area contributed by atoms with Gasteiger partial charge in [0.25, 0.3) is 0 Å². The van der Waals surface area contributed by atoms with E-state index >= 15 is 0 Å². The number of hydrogen-bond acceptors (Lipinski definition) is 2. The van der Waals surface area contributed by atoms with Gasteiger partial charge in [-0.15, -0.1) is 0 Å². The predicted octanol–water partition coefficient (Wildman–Crippen LogP) is 2.28. The molecule has 1 heterocycles. The van der Waals surface area contributed by atoms with E-state index in [-0.39, 0.29) is 18.4 Å². The summed E-state index contributed by atoms with van der Waals surface area (Å²) in [5, 5.41) is 8.90. The molecule has 0 spiro atoms. The summed E-state index contributed by atoms with van der Waals surface area (Å²) < 4.78 is 0. The van der Waals surface area contributed by atoms with Crippen molar-refractivity contribution in [3.05, 3.63) is 0 Å². The number of carbonyl (C=O) groups is 2. The fourth-order valence-electron chi connectivity index (χ4n) is 2.35. The first-order valence-corrected chi connectivity index (χ1v) is 6.58. The van der Waals surface area contributed by atoms with Crippen LogP contribution in [0.2, 0.25) is 0 Å². The number of carboxylic acids is 1. The first-order chi connectivity index (χ1) is 8.06. The fourth-order valence-corrected chi connectivity index (χ4v) is 2.35. The van der Waals surface area contributed by atoms with E-state index < -0.39 is 11.9 Å². The number of amides is 1. The molecule has 2 atom stereocenters. The van der Waals surface area contributed by atoms with Crippen LogP contribution in [0.5, 0.6) is 0 Å². The molecule has 1 fully saturated rings. The molecule has 98 valence electrons. The molecule has 1 aliphatic rings. The molecule has 0 aromatic rings. The van der Waals surface area contributed by atoms with Crippen molar-refractivity contribution in [1.82, 2.24) is 4.90 Å².